The minimum Gasteiger partial charge on any atom is -0.206 e. The van der Waals surface area contributed by atoms with Crippen LogP contribution in [0.1, 0.15) is 18.1 Å². The number of benzene rings is 2. The van der Waals surface area contributed by atoms with Gasteiger partial charge in [0.1, 0.15) is 5.82 Å². The Morgan fingerprint density at radius 3 is 2.23 bits per heavy atom. The molecule has 0 aliphatic rings. The Bertz CT molecular complexity index is 746. The zero-order chi connectivity index (χ0) is 16.1. The van der Waals surface area contributed by atoms with Gasteiger partial charge in [-0.05, 0) is 35.3 Å². The summed E-state index contributed by atoms with van der Waals surface area (Å²) >= 11 is 0. The van der Waals surface area contributed by atoms with Crippen LogP contribution in [0.2, 0.25) is 0 Å². The van der Waals surface area contributed by atoms with Gasteiger partial charge in [0.05, 0.1) is 0 Å². The minimum atomic E-state index is -0.256. The number of halogens is 1. The van der Waals surface area contributed by atoms with Gasteiger partial charge in [0.2, 0.25) is 0 Å². The molecule has 0 fully saturated rings. The zero-order valence-corrected chi connectivity index (χ0v) is 12.8. The third-order valence-corrected chi connectivity index (χ3v) is 3.37. The average molecular weight is 290 g/mol. The lowest BCUT2D eigenvalue weighted by Gasteiger charge is -2.07. The first-order valence-electron chi connectivity index (χ1n) is 7.06. The molecule has 0 amide bonds. The lowest BCUT2D eigenvalue weighted by molar-refractivity contribution is 0.631. The van der Waals surface area contributed by atoms with Crippen LogP contribution in [0.15, 0.2) is 79.9 Å². The predicted molar refractivity (Wildman–Crippen MR) is 94.9 cm³/mol. The van der Waals surface area contributed by atoms with Gasteiger partial charge in [-0.15, -0.1) is 0 Å². The van der Waals surface area contributed by atoms with Crippen LogP contribution in [0.5, 0.6) is 0 Å². The van der Waals surface area contributed by atoms with Crippen LogP contribution in [-0.4, -0.2) is 0 Å². The summed E-state index contributed by atoms with van der Waals surface area (Å²) in [6, 6.07) is 12.8. The van der Waals surface area contributed by atoms with Gasteiger partial charge in [-0.1, -0.05) is 79.9 Å². The van der Waals surface area contributed by atoms with E-state index in [9.17, 15) is 4.39 Å². The van der Waals surface area contributed by atoms with Crippen LogP contribution < -0.4 is 0 Å². The molecule has 0 aliphatic heterocycles. The molecular weight excluding hydrogens is 271 g/mol. The molecule has 2 rings (SSSR count). The van der Waals surface area contributed by atoms with Gasteiger partial charge in [0, 0.05) is 5.56 Å². The second-order valence-electron chi connectivity index (χ2n) is 5.23. The van der Waals surface area contributed by atoms with Crippen molar-refractivity contribution >= 4 is 11.6 Å². The van der Waals surface area contributed by atoms with Crippen molar-refractivity contribution in [2.45, 2.75) is 6.92 Å². The summed E-state index contributed by atoms with van der Waals surface area (Å²) in [5.41, 5.74) is 4.89. The monoisotopic (exact) mass is 290 g/mol. The molecule has 0 atom stereocenters. The van der Waals surface area contributed by atoms with Gasteiger partial charge >= 0.3 is 0 Å². The van der Waals surface area contributed by atoms with Gasteiger partial charge in [-0.25, -0.2) is 4.39 Å². The minimum absolute atomic E-state index is 0.256. The van der Waals surface area contributed by atoms with E-state index in [1.54, 1.807) is 12.1 Å². The van der Waals surface area contributed by atoms with Crippen molar-refractivity contribution in [2.75, 3.05) is 0 Å². The van der Waals surface area contributed by atoms with Gasteiger partial charge in [0.25, 0.3) is 0 Å². The molecule has 0 nitrogen and oxygen atoms in total. The van der Waals surface area contributed by atoms with Crippen molar-refractivity contribution in [2.24, 2.45) is 0 Å². The van der Waals surface area contributed by atoms with Crippen LogP contribution in [0, 0.1) is 5.82 Å². The van der Waals surface area contributed by atoms with E-state index in [4.69, 9.17) is 0 Å². The van der Waals surface area contributed by atoms with Crippen LogP contribution in [-0.2, 0) is 0 Å². The largest absolute Gasteiger partial charge is 0.206 e. The van der Waals surface area contributed by atoms with Gasteiger partial charge < -0.3 is 0 Å². The Morgan fingerprint density at radius 2 is 1.68 bits per heavy atom. The molecule has 22 heavy (non-hydrogen) atoms. The standard InChI is InChI=1S/C21H19F/c1-5-17-8-10-18(11-9-17)20-13-12-19(14-21(20)22)16(4)7-6-15(2)3/h5-14H,1-2,4H2,3H3/b7-6-. The summed E-state index contributed by atoms with van der Waals surface area (Å²) in [6.45, 7) is 13.4. The molecule has 0 aliphatic carbocycles. The van der Waals surface area contributed by atoms with E-state index in [1.165, 1.54) is 6.07 Å². The van der Waals surface area contributed by atoms with Crippen molar-refractivity contribution in [3.63, 3.8) is 0 Å². The molecule has 110 valence electrons. The van der Waals surface area contributed by atoms with E-state index in [1.807, 2.05) is 49.4 Å². The summed E-state index contributed by atoms with van der Waals surface area (Å²) in [5, 5.41) is 0. The molecule has 2 aromatic carbocycles. The molecule has 0 saturated carbocycles. The number of hydrogen-bond acceptors (Lipinski definition) is 0. The normalized spacial score (nSPS) is 10.6. The second kappa shape index (κ2) is 6.86. The van der Waals surface area contributed by atoms with Crippen molar-refractivity contribution in [3.8, 4) is 11.1 Å². The highest BCUT2D eigenvalue weighted by Gasteiger charge is 2.07. The van der Waals surface area contributed by atoms with E-state index in [0.29, 0.717) is 5.56 Å². The van der Waals surface area contributed by atoms with Gasteiger partial charge in [-0.2, -0.15) is 0 Å². The zero-order valence-electron chi connectivity index (χ0n) is 12.8. The first kappa shape index (κ1) is 15.7. The van der Waals surface area contributed by atoms with Crippen molar-refractivity contribution in [1.82, 2.24) is 0 Å². The first-order valence-corrected chi connectivity index (χ1v) is 7.06. The van der Waals surface area contributed by atoms with Gasteiger partial charge in [-0.3, -0.25) is 0 Å². The highest BCUT2D eigenvalue weighted by molar-refractivity contribution is 5.75. The summed E-state index contributed by atoms with van der Waals surface area (Å²) in [4.78, 5) is 0. The topological polar surface area (TPSA) is 0 Å². The molecular formula is C21H19F. The number of hydrogen-bond donors (Lipinski definition) is 0. The molecule has 2 aromatic rings. The Kier molecular flexibility index (Phi) is 4.90. The third-order valence-electron chi connectivity index (χ3n) is 3.37. The smallest absolute Gasteiger partial charge is 0.131 e. The maximum atomic E-state index is 14.4. The number of allylic oxidation sites excluding steroid dienone is 4. The van der Waals surface area contributed by atoms with Crippen molar-refractivity contribution < 1.29 is 4.39 Å². The molecule has 0 radical (unpaired) electrons. The van der Waals surface area contributed by atoms with E-state index < -0.39 is 0 Å². The van der Waals surface area contributed by atoms with E-state index in [2.05, 4.69) is 19.7 Å². The quantitative estimate of drug-likeness (QED) is 0.568. The van der Waals surface area contributed by atoms with Crippen LogP contribution in [0.4, 0.5) is 4.39 Å². The molecule has 0 heterocycles. The lowest BCUT2D eigenvalue weighted by atomic mass is 9.99. The Hall–Kier alpha value is -2.67. The molecule has 0 spiro atoms. The van der Waals surface area contributed by atoms with Crippen LogP contribution >= 0.6 is 0 Å². The number of rotatable bonds is 5. The fourth-order valence-electron chi connectivity index (χ4n) is 2.09. The summed E-state index contributed by atoms with van der Waals surface area (Å²) in [7, 11) is 0. The van der Waals surface area contributed by atoms with E-state index >= 15 is 0 Å². The van der Waals surface area contributed by atoms with Crippen molar-refractivity contribution in [3.05, 3.63) is 96.9 Å². The fourth-order valence-corrected chi connectivity index (χ4v) is 2.09. The summed E-state index contributed by atoms with van der Waals surface area (Å²) < 4.78 is 14.4. The van der Waals surface area contributed by atoms with E-state index in [-0.39, 0.29) is 5.82 Å². The average Bonchev–Trinajstić information content (AvgIpc) is 2.52. The van der Waals surface area contributed by atoms with Crippen LogP contribution in [0.25, 0.3) is 22.8 Å². The van der Waals surface area contributed by atoms with Gasteiger partial charge in [0.15, 0.2) is 0 Å². The first-order chi connectivity index (χ1) is 10.5. The highest BCUT2D eigenvalue weighted by atomic mass is 19.1. The Balaban J connectivity index is 2.31. The molecule has 0 unspecified atom stereocenters. The SMILES string of the molecule is C=Cc1ccc(-c2ccc(C(=C)/C=C\C(=C)C)cc2F)cc1. The third kappa shape index (κ3) is 3.70. The Morgan fingerprint density at radius 1 is 1.00 bits per heavy atom. The maximum absolute atomic E-state index is 14.4. The van der Waals surface area contributed by atoms with E-state index in [0.717, 1.165) is 27.8 Å². The molecule has 0 bridgehead atoms. The Labute approximate surface area is 131 Å². The highest BCUT2D eigenvalue weighted by Crippen LogP contribution is 2.26. The molecule has 0 N–H and O–H groups in total. The molecule has 0 aromatic heterocycles. The second-order valence-corrected chi connectivity index (χ2v) is 5.23. The lowest BCUT2D eigenvalue weighted by Crippen LogP contribution is -1.88. The summed E-state index contributed by atoms with van der Waals surface area (Å²) in [5.74, 6) is -0.256. The molecule has 0 saturated heterocycles. The predicted octanol–water partition coefficient (Wildman–Crippen LogP) is 6.28. The maximum Gasteiger partial charge on any atom is 0.131 e. The van der Waals surface area contributed by atoms with Crippen LogP contribution in [0.3, 0.4) is 0 Å². The summed E-state index contributed by atoms with van der Waals surface area (Å²) in [6.07, 6.45) is 5.47. The van der Waals surface area contributed by atoms with Crippen molar-refractivity contribution in [1.29, 1.82) is 0 Å². The fraction of sp³-hybridized carbons (Fsp3) is 0.0476. The molecule has 1 heteroatoms.